The summed E-state index contributed by atoms with van der Waals surface area (Å²) >= 11 is 0. The van der Waals surface area contributed by atoms with Crippen LogP contribution in [-0.4, -0.2) is 18.5 Å². The Morgan fingerprint density at radius 2 is 1.38 bits per heavy atom. The summed E-state index contributed by atoms with van der Waals surface area (Å²) in [6.07, 6.45) is 7.86. The number of hydrogen-bond donors (Lipinski definition) is 0. The highest BCUT2D eigenvalue weighted by molar-refractivity contribution is 5.81. The van der Waals surface area contributed by atoms with Crippen molar-refractivity contribution in [2.24, 2.45) is 23.7 Å². The van der Waals surface area contributed by atoms with Gasteiger partial charge in [-0.05, 0) is 56.3 Å². The number of ketones is 1. The number of hydrogen-bond acceptors (Lipinski definition) is 2. The van der Waals surface area contributed by atoms with Gasteiger partial charge in [0.2, 0.25) is 0 Å². The van der Waals surface area contributed by atoms with Crippen molar-refractivity contribution in [3.05, 3.63) is 12.2 Å². The Labute approximate surface area is 164 Å². The molecule has 26 heavy (non-hydrogen) atoms. The molecule has 3 unspecified atom stereocenters. The van der Waals surface area contributed by atoms with Crippen molar-refractivity contribution >= 4 is 5.78 Å². The molecule has 0 bridgehead atoms. The highest BCUT2D eigenvalue weighted by atomic mass is 16.5. The first-order valence-electron chi connectivity index (χ1n) is 11.2. The molecule has 0 aliphatic rings. The molecule has 0 aliphatic heterocycles. The third-order valence-corrected chi connectivity index (χ3v) is 6.43. The summed E-state index contributed by atoms with van der Waals surface area (Å²) in [5.41, 5.74) is 1.33. The van der Waals surface area contributed by atoms with E-state index in [1.54, 1.807) is 0 Å². The summed E-state index contributed by atoms with van der Waals surface area (Å²) in [5.74, 6) is 2.36. The Morgan fingerprint density at radius 3 is 1.85 bits per heavy atom. The van der Waals surface area contributed by atoms with Crippen LogP contribution in [0.3, 0.4) is 0 Å². The number of rotatable bonds is 16. The molecule has 0 fully saturated rings. The first-order chi connectivity index (χ1) is 12.3. The van der Waals surface area contributed by atoms with Crippen LogP contribution in [0, 0.1) is 23.7 Å². The molecule has 0 spiro atoms. The predicted molar refractivity (Wildman–Crippen MR) is 115 cm³/mol. The zero-order valence-corrected chi connectivity index (χ0v) is 18.8. The molecule has 0 aromatic carbocycles. The van der Waals surface area contributed by atoms with Gasteiger partial charge in [0.15, 0.2) is 0 Å². The first kappa shape index (κ1) is 25.4. The maximum absolute atomic E-state index is 12.6. The maximum atomic E-state index is 12.6. The summed E-state index contributed by atoms with van der Waals surface area (Å²) in [4.78, 5) is 12.6. The maximum Gasteiger partial charge on any atom is 0.138 e. The van der Waals surface area contributed by atoms with Crippen molar-refractivity contribution in [2.45, 2.75) is 106 Å². The number of carbonyl (C=O) groups is 1. The van der Waals surface area contributed by atoms with Gasteiger partial charge in [0, 0.05) is 18.9 Å². The lowest BCUT2D eigenvalue weighted by molar-refractivity contribution is -0.126. The van der Waals surface area contributed by atoms with E-state index in [1.807, 2.05) is 0 Å². The summed E-state index contributed by atoms with van der Waals surface area (Å²) in [7, 11) is 0. The van der Waals surface area contributed by atoms with Crippen molar-refractivity contribution in [3.63, 3.8) is 0 Å². The zero-order valence-electron chi connectivity index (χ0n) is 18.8. The van der Waals surface area contributed by atoms with Crippen molar-refractivity contribution < 1.29 is 9.53 Å². The number of Topliss-reactive ketones (excluding diaryl/α,β-unsaturated/α-hetero) is 1. The zero-order chi connectivity index (χ0) is 20.1. The van der Waals surface area contributed by atoms with E-state index in [2.05, 4.69) is 55.0 Å². The highest BCUT2D eigenvalue weighted by Crippen LogP contribution is 2.25. The molecular weight excluding hydrogens is 320 g/mol. The van der Waals surface area contributed by atoms with Gasteiger partial charge in [-0.2, -0.15) is 0 Å². The summed E-state index contributed by atoms with van der Waals surface area (Å²) in [5, 5.41) is 0. The highest BCUT2D eigenvalue weighted by Gasteiger charge is 2.22. The third kappa shape index (κ3) is 9.35. The first-order valence-corrected chi connectivity index (χ1v) is 11.2. The molecule has 2 nitrogen and oxygen atoms in total. The van der Waals surface area contributed by atoms with Gasteiger partial charge in [0.25, 0.3) is 0 Å². The lowest BCUT2D eigenvalue weighted by atomic mass is 9.88. The molecule has 0 aliphatic carbocycles. The van der Waals surface area contributed by atoms with Crippen LogP contribution in [0.5, 0.6) is 0 Å². The fourth-order valence-electron chi connectivity index (χ4n) is 3.65. The Balaban J connectivity index is 4.81. The molecule has 0 amide bonds. The molecule has 0 radical (unpaired) electrons. The van der Waals surface area contributed by atoms with E-state index in [-0.39, 0.29) is 12.0 Å². The number of allylic oxidation sites excluding steroid dienone is 1. The van der Waals surface area contributed by atoms with E-state index in [0.29, 0.717) is 30.0 Å². The standard InChI is InChI=1S/C24H46O2/c1-9-18(6)20(8)17-26-23(16-24(25)22(12-4)13-5)15-14-19(7)21(10-2)11-3/h18,20-23H,7,9-17H2,1-6,8H3. The molecule has 3 atom stereocenters. The number of carbonyl (C=O) groups excluding carboxylic acids is 1. The molecule has 0 rings (SSSR count). The van der Waals surface area contributed by atoms with Crippen LogP contribution in [0.25, 0.3) is 0 Å². The van der Waals surface area contributed by atoms with Crippen LogP contribution < -0.4 is 0 Å². The quantitative estimate of drug-likeness (QED) is 0.269. The van der Waals surface area contributed by atoms with Crippen molar-refractivity contribution in [2.75, 3.05) is 6.61 Å². The van der Waals surface area contributed by atoms with Crippen molar-refractivity contribution in [1.82, 2.24) is 0 Å². The summed E-state index contributed by atoms with van der Waals surface area (Å²) in [6.45, 7) is 20.5. The molecule has 154 valence electrons. The minimum absolute atomic E-state index is 0.0423. The van der Waals surface area contributed by atoms with Gasteiger partial charge in [-0.3, -0.25) is 4.79 Å². The monoisotopic (exact) mass is 366 g/mol. The topological polar surface area (TPSA) is 26.3 Å². The Morgan fingerprint density at radius 1 is 0.846 bits per heavy atom. The fraction of sp³-hybridized carbons (Fsp3) is 0.875. The van der Waals surface area contributed by atoms with Crippen molar-refractivity contribution in [1.29, 1.82) is 0 Å². The van der Waals surface area contributed by atoms with E-state index in [0.717, 1.165) is 45.1 Å². The van der Waals surface area contributed by atoms with Crippen LogP contribution in [0.2, 0.25) is 0 Å². The lowest BCUT2D eigenvalue weighted by Gasteiger charge is -2.25. The van der Waals surface area contributed by atoms with Gasteiger partial charge >= 0.3 is 0 Å². The van der Waals surface area contributed by atoms with Gasteiger partial charge in [-0.15, -0.1) is 0 Å². The van der Waals surface area contributed by atoms with E-state index >= 15 is 0 Å². The predicted octanol–water partition coefficient (Wildman–Crippen LogP) is 7.22. The smallest absolute Gasteiger partial charge is 0.138 e. The van der Waals surface area contributed by atoms with Crippen LogP contribution in [0.4, 0.5) is 0 Å². The molecule has 0 saturated heterocycles. The molecule has 0 heterocycles. The average Bonchev–Trinajstić information content (AvgIpc) is 2.64. The van der Waals surface area contributed by atoms with Gasteiger partial charge in [-0.25, -0.2) is 0 Å². The van der Waals surface area contributed by atoms with Gasteiger partial charge in [-0.1, -0.05) is 67.0 Å². The van der Waals surface area contributed by atoms with Crippen LogP contribution >= 0.6 is 0 Å². The second-order valence-electron chi connectivity index (χ2n) is 8.21. The summed E-state index contributed by atoms with van der Waals surface area (Å²) in [6, 6.07) is 0. The van der Waals surface area contributed by atoms with Crippen LogP contribution in [0.1, 0.15) is 99.8 Å². The Kier molecular flexibility index (Phi) is 14.1. The second-order valence-corrected chi connectivity index (χ2v) is 8.21. The Bertz CT molecular complexity index is 380. The lowest BCUT2D eigenvalue weighted by Crippen LogP contribution is -2.26. The minimum atomic E-state index is 0.0423. The van der Waals surface area contributed by atoms with Gasteiger partial charge in [0.1, 0.15) is 5.78 Å². The molecule has 0 aromatic rings. The number of ether oxygens (including phenoxy) is 1. The third-order valence-electron chi connectivity index (χ3n) is 6.43. The van der Waals surface area contributed by atoms with Crippen LogP contribution in [0.15, 0.2) is 12.2 Å². The largest absolute Gasteiger partial charge is 0.377 e. The minimum Gasteiger partial charge on any atom is -0.377 e. The van der Waals surface area contributed by atoms with Crippen molar-refractivity contribution in [3.8, 4) is 0 Å². The van der Waals surface area contributed by atoms with E-state index in [9.17, 15) is 4.79 Å². The molecule has 2 heteroatoms. The summed E-state index contributed by atoms with van der Waals surface area (Å²) < 4.78 is 6.27. The molecule has 0 aromatic heterocycles. The Hall–Kier alpha value is -0.630. The SMILES string of the molecule is C=C(CCC(CC(=O)C(CC)CC)OCC(C)C(C)CC)C(CC)CC. The molecule has 0 N–H and O–H groups in total. The van der Waals surface area contributed by atoms with E-state index < -0.39 is 0 Å². The normalized spacial score (nSPS) is 15.3. The van der Waals surface area contributed by atoms with E-state index in [1.165, 1.54) is 12.0 Å². The van der Waals surface area contributed by atoms with Crippen LogP contribution in [-0.2, 0) is 9.53 Å². The fourth-order valence-corrected chi connectivity index (χ4v) is 3.65. The van der Waals surface area contributed by atoms with E-state index in [4.69, 9.17) is 4.74 Å². The molecular formula is C24H46O2. The van der Waals surface area contributed by atoms with Gasteiger partial charge < -0.3 is 4.74 Å². The average molecular weight is 367 g/mol. The van der Waals surface area contributed by atoms with Gasteiger partial charge in [0.05, 0.1) is 6.10 Å². The second kappa shape index (κ2) is 14.4. The molecule has 0 saturated carbocycles.